The predicted molar refractivity (Wildman–Crippen MR) is 118 cm³/mol. The second-order valence-corrected chi connectivity index (χ2v) is 9.23. The molecule has 1 aliphatic carbocycles. The molecule has 2 heterocycles. The summed E-state index contributed by atoms with van der Waals surface area (Å²) >= 11 is 0. The minimum atomic E-state index is -0.801. The highest BCUT2D eigenvalue weighted by atomic mass is 16.5. The molecule has 0 radical (unpaired) electrons. The fourth-order valence-electron chi connectivity index (χ4n) is 4.34. The van der Waals surface area contributed by atoms with Crippen LogP contribution in [-0.2, 0) is 19.1 Å². The average molecular weight is 437 g/mol. The summed E-state index contributed by atoms with van der Waals surface area (Å²) < 4.78 is 16.7. The summed E-state index contributed by atoms with van der Waals surface area (Å²) in [5.74, 6) is -0.556. The Morgan fingerprint density at radius 2 is 1.97 bits per heavy atom. The van der Waals surface area contributed by atoms with Crippen molar-refractivity contribution in [2.24, 2.45) is 11.1 Å². The van der Waals surface area contributed by atoms with Gasteiger partial charge in [-0.15, -0.1) is 0 Å². The van der Waals surface area contributed by atoms with Crippen LogP contribution in [0.2, 0.25) is 0 Å². The number of hydrogen-bond acceptors (Lipinski definition) is 7. The molecular weight excluding hydrogens is 408 g/mol. The molecule has 32 heavy (non-hydrogen) atoms. The molecule has 0 fully saturated rings. The molecule has 1 atom stereocenters. The van der Waals surface area contributed by atoms with Crippen molar-refractivity contribution in [3.8, 4) is 11.3 Å². The van der Waals surface area contributed by atoms with Crippen molar-refractivity contribution in [1.29, 1.82) is 0 Å². The monoisotopic (exact) mass is 436 g/mol. The number of carbonyl (C=O) groups excluding carboxylic acids is 2. The summed E-state index contributed by atoms with van der Waals surface area (Å²) in [6.45, 7) is 9.94. The topological polar surface area (TPSA) is 105 Å². The molecule has 2 aliphatic rings. The smallest absolute Gasteiger partial charge is 0.340 e. The zero-order chi connectivity index (χ0) is 23.2. The lowest BCUT2D eigenvalue weighted by Crippen LogP contribution is -2.35. The van der Waals surface area contributed by atoms with E-state index in [1.54, 1.807) is 13.0 Å². The first-order chi connectivity index (χ1) is 15.1. The van der Waals surface area contributed by atoms with Gasteiger partial charge in [0.25, 0.3) is 0 Å². The maximum atomic E-state index is 13.2. The van der Waals surface area contributed by atoms with Gasteiger partial charge >= 0.3 is 5.97 Å². The molecule has 168 valence electrons. The maximum absolute atomic E-state index is 13.2. The van der Waals surface area contributed by atoms with E-state index in [1.807, 2.05) is 45.9 Å². The Kier molecular flexibility index (Phi) is 5.44. The molecule has 2 aromatic rings. The number of nitrogens with two attached hydrogens (primary N) is 1. The minimum Gasteiger partial charge on any atom is -0.462 e. The number of benzene rings is 1. The van der Waals surface area contributed by atoms with E-state index in [4.69, 9.17) is 19.7 Å². The lowest BCUT2D eigenvalue weighted by atomic mass is 9.71. The third kappa shape index (κ3) is 3.83. The van der Waals surface area contributed by atoms with E-state index in [9.17, 15) is 9.59 Å². The minimum absolute atomic E-state index is 0.0616. The molecule has 2 N–H and O–H groups in total. The number of Topliss-reactive ketones (excluding diaryl/α,β-unsaturated/α-hetero) is 1. The Morgan fingerprint density at radius 3 is 2.66 bits per heavy atom. The van der Waals surface area contributed by atoms with E-state index in [-0.39, 0.29) is 29.3 Å². The van der Waals surface area contributed by atoms with Gasteiger partial charge in [0, 0.05) is 30.0 Å². The van der Waals surface area contributed by atoms with E-state index in [0.717, 1.165) is 11.1 Å². The molecule has 1 aromatic carbocycles. The summed E-state index contributed by atoms with van der Waals surface area (Å²) in [6, 6.07) is 7.73. The number of nitrogens with zero attached hydrogens (tertiary/aromatic N) is 1. The van der Waals surface area contributed by atoms with Crippen molar-refractivity contribution in [2.75, 3.05) is 6.61 Å². The maximum Gasteiger partial charge on any atom is 0.340 e. The Hall–Kier alpha value is -3.35. The Bertz CT molecular complexity index is 1170. The molecule has 1 unspecified atom stereocenters. The van der Waals surface area contributed by atoms with Gasteiger partial charge < -0.3 is 19.7 Å². The van der Waals surface area contributed by atoms with Gasteiger partial charge in [-0.3, -0.25) is 4.79 Å². The third-order valence-corrected chi connectivity index (χ3v) is 6.07. The first kappa shape index (κ1) is 21.9. The van der Waals surface area contributed by atoms with Crippen molar-refractivity contribution >= 4 is 11.8 Å². The number of carbonyl (C=O) groups is 2. The highest BCUT2D eigenvalue weighted by Gasteiger charge is 2.46. The van der Waals surface area contributed by atoms with E-state index in [0.29, 0.717) is 35.6 Å². The zero-order valence-corrected chi connectivity index (χ0v) is 19.1. The first-order valence-electron chi connectivity index (χ1n) is 10.8. The third-order valence-electron chi connectivity index (χ3n) is 6.07. The number of rotatable bonds is 4. The second-order valence-electron chi connectivity index (χ2n) is 9.23. The molecule has 0 saturated carbocycles. The van der Waals surface area contributed by atoms with Crippen LogP contribution in [-0.4, -0.2) is 23.5 Å². The van der Waals surface area contributed by atoms with Gasteiger partial charge in [-0.1, -0.05) is 31.1 Å². The standard InChI is InChI=1S/C25H28N2O5/c1-6-30-24(29)22-20(21-17(28)11-25(4,5)12-19(21)31-23(22)26)16-10-18(32-27-16)15-8-7-13(2)14(3)9-15/h7-10,20H,6,11-12,26H2,1-5H3. The highest BCUT2D eigenvalue weighted by Crippen LogP contribution is 2.48. The zero-order valence-electron chi connectivity index (χ0n) is 19.1. The molecule has 0 bridgehead atoms. The van der Waals surface area contributed by atoms with Gasteiger partial charge in [-0.25, -0.2) is 4.79 Å². The van der Waals surface area contributed by atoms with Gasteiger partial charge in [-0.2, -0.15) is 0 Å². The van der Waals surface area contributed by atoms with Crippen LogP contribution < -0.4 is 5.73 Å². The van der Waals surface area contributed by atoms with Crippen molar-refractivity contribution in [1.82, 2.24) is 5.16 Å². The van der Waals surface area contributed by atoms with E-state index in [1.165, 1.54) is 5.56 Å². The fraction of sp³-hybridized carbons (Fsp3) is 0.400. The van der Waals surface area contributed by atoms with Crippen LogP contribution in [0.3, 0.4) is 0 Å². The lowest BCUT2D eigenvalue weighted by Gasteiger charge is -2.37. The summed E-state index contributed by atoms with van der Waals surface area (Å²) in [5.41, 5.74) is 9.98. The molecule has 1 aromatic heterocycles. The molecule has 1 aliphatic heterocycles. The summed E-state index contributed by atoms with van der Waals surface area (Å²) in [4.78, 5) is 26.0. The summed E-state index contributed by atoms with van der Waals surface area (Å²) in [6.07, 6.45) is 0.868. The number of allylic oxidation sites excluding steroid dienone is 2. The molecule has 4 rings (SSSR count). The number of ketones is 1. The normalized spacial score (nSPS) is 20.2. The first-order valence-corrected chi connectivity index (χ1v) is 10.8. The number of esters is 1. The fourth-order valence-corrected chi connectivity index (χ4v) is 4.34. The van der Waals surface area contributed by atoms with Gasteiger partial charge in [0.05, 0.1) is 18.2 Å². The van der Waals surface area contributed by atoms with Crippen LogP contribution in [0, 0.1) is 19.3 Å². The summed E-state index contributed by atoms with van der Waals surface area (Å²) in [5, 5.41) is 4.24. The number of aryl methyl sites for hydroxylation is 2. The van der Waals surface area contributed by atoms with Crippen LogP contribution in [0.15, 0.2) is 51.6 Å². The summed E-state index contributed by atoms with van der Waals surface area (Å²) in [7, 11) is 0. The van der Waals surface area contributed by atoms with Crippen LogP contribution in [0.5, 0.6) is 0 Å². The molecule has 7 heteroatoms. The largest absolute Gasteiger partial charge is 0.462 e. The van der Waals surface area contributed by atoms with Crippen LogP contribution in [0.4, 0.5) is 0 Å². The van der Waals surface area contributed by atoms with Crippen molar-refractivity contribution in [2.45, 2.75) is 53.4 Å². The predicted octanol–water partition coefficient (Wildman–Crippen LogP) is 4.45. The molecule has 7 nitrogen and oxygen atoms in total. The Labute approximate surface area is 187 Å². The van der Waals surface area contributed by atoms with E-state index >= 15 is 0 Å². The van der Waals surface area contributed by atoms with Crippen LogP contribution >= 0.6 is 0 Å². The molecule has 0 saturated heterocycles. The average Bonchev–Trinajstić information content (AvgIpc) is 3.18. The van der Waals surface area contributed by atoms with Gasteiger partial charge in [-0.05, 0) is 43.4 Å². The van der Waals surface area contributed by atoms with E-state index in [2.05, 4.69) is 5.16 Å². The molecule has 0 spiro atoms. The van der Waals surface area contributed by atoms with Crippen LogP contribution in [0.1, 0.15) is 56.4 Å². The van der Waals surface area contributed by atoms with E-state index < -0.39 is 11.9 Å². The second kappa shape index (κ2) is 7.97. The highest BCUT2D eigenvalue weighted by molar-refractivity contribution is 6.03. The lowest BCUT2D eigenvalue weighted by molar-refractivity contribution is -0.139. The molecule has 0 amide bonds. The molecular formula is C25H28N2O5. The van der Waals surface area contributed by atoms with Gasteiger partial charge in [0.1, 0.15) is 11.3 Å². The Morgan fingerprint density at radius 1 is 1.22 bits per heavy atom. The van der Waals surface area contributed by atoms with Crippen molar-refractivity contribution in [3.05, 3.63) is 63.9 Å². The van der Waals surface area contributed by atoms with Gasteiger partial charge in [0.15, 0.2) is 11.5 Å². The number of ether oxygens (including phenoxy) is 2. The number of hydrogen-bond donors (Lipinski definition) is 1. The number of aromatic nitrogens is 1. The van der Waals surface area contributed by atoms with Gasteiger partial charge in [0.2, 0.25) is 5.88 Å². The van der Waals surface area contributed by atoms with Crippen molar-refractivity contribution < 1.29 is 23.6 Å². The quantitative estimate of drug-likeness (QED) is 0.706. The van der Waals surface area contributed by atoms with Crippen molar-refractivity contribution in [3.63, 3.8) is 0 Å². The SMILES string of the molecule is CCOC(=O)C1=C(N)OC2=C(C(=O)CC(C)(C)C2)C1c1cc(-c2ccc(C)c(C)c2)on1. The van der Waals surface area contributed by atoms with Crippen LogP contribution in [0.25, 0.3) is 11.3 Å². The Balaban J connectivity index is 1.83.